The number of aryl methyl sites for hydroxylation is 3. The predicted molar refractivity (Wildman–Crippen MR) is 124 cm³/mol. The zero-order valence-electron chi connectivity index (χ0n) is 18.2. The number of furan rings is 1. The van der Waals surface area contributed by atoms with Crippen LogP contribution >= 0.6 is 0 Å². The Morgan fingerprint density at radius 1 is 1.03 bits per heavy atom. The Morgan fingerprint density at radius 2 is 1.88 bits per heavy atom. The number of hydrogen-bond acceptors (Lipinski definition) is 4. The fourth-order valence-corrected chi connectivity index (χ4v) is 3.60. The number of nitrogens with zero attached hydrogens (tertiary/aromatic N) is 2. The largest absolute Gasteiger partial charge is 0.459 e. The highest BCUT2D eigenvalue weighted by atomic mass is 16.3. The minimum absolute atomic E-state index is 0.108. The summed E-state index contributed by atoms with van der Waals surface area (Å²) in [5.74, 6) is 0.758. The van der Waals surface area contributed by atoms with Crippen LogP contribution in [0.25, 0.3) is 11.0 Å². The Balaban J connectivity index is 1.43. The van der Waals surface area contributed by atoms with E-state index >= 15 is 0 Å². The van der Waals surface area contributed by atoms with E-state index < -0.39 is 0 Å². The molecule has 2 N–H and O–H groups in total. The van der Waals surface area contributed by atoms with Gasteiger partial charge in [0.05, 0.1) is 17.3 Å². The monoisotopic (exact) mass is 430 g/mol. The normalized spacial score (nSPS) is 10.9. The number of fused-ring (bicyclic) bond motifs is 1. The van der Waals surface area contributed by atoms with Crippen LogP contribution < -0.4 is 10.6 Å². The van der Waals surface area contributed by atoms with Crippen molar-refractivity contribution in [1.82, 2.24) is 14.9 Å². The lowest BCUT2D eigenvalue weighted by atomic mass is 10.1. The molecule has 0 spiro atoms. The number of imidazole rings is 1. The molecule has 7 nitrogen and oxygen atoms in total. The van der Waals surface area contributed by atoms with Crippen molar-refractivity contribution in [3.8, 4) is 0 Å². The summed E-state index contributed by atoms with van der Waals surface area (Å²) in [6, 6.07) is 17.0. The third-order valence-electron chi connectivity index (χ3n) is 5.43. The number of nitrogens with one attached hydrogen (secondary N) is 2. The molecule has 2 aromatic heterocycles. The molecule has 2 amide bonds. The first kappa shape index (κ1) is 21.4. The molecule has 0 saturated heterocycles. The number of hydrogen-bond donors (Lipinski definition) is 2. The summed E-state index contributed by atoms with van der Waals surface area (Å²) in [7, 11) is 0. The van der Waals surface area contributed by atoms with E-state index in [1.165, 1.54) is 11.8 Å². The van der Waals surface area contributed by atoms with E-state index in [0.29, 0.717) is 25.1 Å². The zero-order valence-corrected chi connectivity index (χ0v) is 18.2. The molecule has 32 heavy (non-hydrogen) atoms. The van der Waals surface area contributed by atoms with Crippen LogP contribution in [0.4, 0.5) is 5.69 Å². The SMILES string of the molecule is Cc1ccc(NC(=O)Cn2c(CCCNC(=O)c3ccco3)nc3ccccc32)cc1C. The Kier molecular flexibility index (Phi) is 6.35. The average molecular weight is 431 g/mol. The summed E-state index contributed by atoms with van der Waals surface area (Å²) in [5.41, 5.74) is 4.86. The summed E-state index contributed by atoms with van der Waals surface area (Å²) in [6.45, 7) is 4.72. The maximum absolute atomic E-state index is 12.8. The van der Waals surface area contributed by atoms with Crippen molar-refractivity contribution in [3.63, 3.8) is 0 Å². The van der Waals surface area contributed by atoms with Crippen molar-refractivity contribution >= 4 is 28.5 Å². The van der Waals surface area contributed by atoms with E-state index in [9.17, 15) is 9.59 Å². The van der Waals surface area contributed by atoms with Crippen LogP contribution in [0, 0.1) is 13.8 Å². The number of carbonyl (C=O) groups is 2. The molecular formula is C25H26N4O3. The topological polar surface area (TPSA) is 89.2 Å². The lowest BCUT2D eigenvalue weighted by Crippen LogP contribution is -2.25. The summed E-state index contributed by atoms with van der Waals surface area (Å²) in [6.07, 6.45) is 2.79. The number of aromatic nitrogens is 2. The molecule has 0 radical (unpaired) electrons. The molecule has 4 aromatic rings. The van der Waals surface area contributed by atoms with Gasteiger partial charge < -0.3 is 19.6 Å². The van der Waals surface area contributed by atoms with Gasteiger partial charge in [-0.25, -0.2) is 4.98 Å². The number of rotatable bonds is 8. The van der Waals surface area contributed by atoms with Gasteiger partial charge in [0.1, 0.15) is 12.4 Å². The molecule has 0 aliphatic carbocycles. The molecular weight excluding hydrogens is 404 g/mol. The molecule has 0 unspecified atom stereocenters. The van der Waals surface area contributed by atoms with Gasteiger partial charge in [0.15, 0.2) is 5.76 Å². The van der Waals surface area contributed by atoms with Gasteiger partial charge in [0, 0.05) is 18.7 Å². The quantitative estimate of drug-likeness (QED) is 0.409. The van der Waals surface area contributed by atoms with Crippen LogP contribution in [0.15, 0.2) is 65.3 Å². The third kappa shape index (κ3) is 4.88. The van der Waals surface area contributed by atoms with Crippen molar-refractivity contribution < 1.29 is 14.0 Å². The first-order valence-electron chi connectivity index (χ1n) is 10.6. The van der Waals surface area contributed by atoms with Gasteiger partial charge in [-0.1, -0.05) is 18.2 Å². The van der Waals surface area contributed by atoms with Crippen molar-refractivity contribution in [2.24, 2.45) is 0 Å². The molecule has 2 heterocycles. The maximum atomic E-state index is 12.8. The number of anilines is 1. The molecule has 0 saturated carbocycles. The predicted octanol–water partition coefficient (Wildman–Crippen LogP) is 4.25. The second-order valence-electron chi connectivity index (χ2n) is 7.79. The molecule has 0 aliphatic rings. The Labute approximate surface area is 186 Å². The highest BCUT2D eigenvalue weighted by molar-refractivity contribution is 5.92. The number of benzene rings is 2. The average Bonchev–Trinajstić information content (AvgIpc) is 3.43. The molecule has 0 aliphatic heterocycles. The molecule has 0 atom stereocenters. The van der Waals surface area contributed by atoms with Crippen molar-refractivity contribution in [3.05, 3.63) is 83.6 Å². The van der Waals surface area contributed by atoms with Crippen molar-refractivity contribution in [1.29, 1.82) is 0 Å². The van der Waals surface area contributed by atoms with Crippen LogP contribution in [-0.2, 0) is 17.8 Å². The Bertz CT molecular complexity index is 1240. The van der Waals surface area contributed by atoms with Crippen LogP contribution in [0.3, 0.4) is 0 Å². The van der Waals surface area contributed by atoms with Crippen LogP contribution in [0.5, 0.6) is 0 Å². The molecule has 164 valence electrons. The van der Waals surface area contributed by atoms with Crippen molar-refractivity contribution in [2.75, 3.05) is 11.9 Å². The summed E-state index contributed by atoms with van der Waals surface area (Å²) in [4.78, 5) is 29.5. The van der Waals surface area contributed by atoms with Crippen LogP contribution in [0.2, 0.25) is 0 Å². The maximum Gasteiger partial charge on any atom is 0.286 e. The standard InChI is InChI=1S/C25H26N4O3/c1-17-11-12-19(15-18(17)2)27-24(30)16-29-21-8-4-3-7-20(21)28-23(29)10-5-13-26-25(31)22-9-6-14-32-22/h3-4,6-9,11-12,14-15H,5,10,13,16H2,1-2H3,(H,26,31)(H,27,30). The summed E-state index contributed by atoms with van der Waals surface area (Å²) in [5, 5.41) is 5.83. The van der Waals surface area contributed by atoms with Crippen LogP contribution in [-0.4, -0.2) is 27.9 Å². The van der Waals surface area contributed by atoms with E-state index in [2.05, 4.69) is 10.6 Å². The summed E-state index contributed by atoms with van der Waals surface area (Å²) < 4.78 is 7.05. The minimum atomic E-state index is -0.240. The van der Waals surface area contributed by atoms with Gasteiger partial charge in [-0.3, -0.25) is 9.59 Å². The number of amides is 2. The third-order valence-corrected chi connectivity index (χ3v) is 5.43. The van der Waals surface area contributed by atoms with Gasteiger partial charge in [-0.15, -0.1) is 0 Å². The molecule has 2 aromatic carbocycles. The van der Waals surface area contributed by atoms with Gasteiger partial charge in [-0.05, 0) is 67.8 Å². The fourth-order valence-electron chi connectivity index (χ4n) is 3.60. The lowest BCUT2D eigenvalue weighted by Gasteiger charge is -2.11. The van der Waals surface area contributed by atoms with E-state index in [4.69, 9.17) is 9.40 Å². The second kappa shape index (κ2) is 9.51. The Morgan fingerprint density at radius 3 is 2.66 bits per heavy atom. The van der Waals surface area contributed by atoms with Gasteiger partial charge in [-0.2, -0.15) is 0 Å². The molecule has 4 rings (SSSR count). The van der Waals surface area contributed by atoms with Gasteiger partial charge >= 0.3 is 0 Å². The lowest BCUT2D eigenvalue weighted by molar-refractivity contribution is -0.116. The molecule has 0 bridgehead atoms. The molecule has 7 heteroatoms. The van der Waals surface area contributed by atoms with E-state index in [1.807, 2.05) is 60.9 Å². The fraction of sp³-hybridized carbons (Fsp3) is 0.240. The van der Waals surface area contributed by atoms with Gasteiger partial charge in [0.25, 0.3) is 5.91 Å². The highest BCUT2D eigenvalue weighted by Crippen LogP contribution is 2.18. The second-order valence-corrected chi connectivity index (χ2v) is 7.79. The highest BCUT2D eigenvalue weighted by Gasteiger charge is 2.14. The minimum Gasteiger partial charge on any atom is -0.459 e. The zero-order chi connectivity index (χ0) is 22.5. The molecule has 0 fully saturated rings. The van der Waals surface area contributed by atoms with E-state index in [-0.39, 0.29) is 18.4 Å². The first-order valence-corrected chi connectivity index (χ1v) is 10.6. The summed E-state index contributed by atoms with van der Waals surface area (Å²) >= 11 is 0. The number of para-hydroxylation sites is 2. The van der Waals surface area contributed by atoms with Crippen LogP contribution in [0.1, 0.15) is 33.9 Å². The van der Waals surface area contributed by atoms with E-state index in [1.54, 1.807) is 12.1 Å². The van der Waals surface area contributed by atoms with Gasteiger partial charge in [0.2, 0.25) is 5.91 Å². The Hall–Kier alpha value is -3.87. The van der Waals surface area contributed by atoms with Crippen molar-refractivity contribution in [2.45, 2.75) is 33.2 Å². The smallest absolute Gasteiger partial charge is 0.286 e. The van der Waals surface area contributed by atoms with E-state index in [0.717, 1.165) is 28.1 Å². The first-order chi connectivity index (χ1) is 15.5. The number of carbonyl (C=O) groups excluding carboxylic acids is 2.